The van der Waals surface area contributed by atoms with Crippen LogP contribution >= 0.6 is 0 Å². The molecule has 9 nitrogen and oxygen atoms in total. The molecular formula is C18H19N5O4. The molecule has 1 aromatic heterocycles. The lowest BCUT2D eigenvalue weighted by molar-refractivity contribution is -0.118. The third-order valence-corrected chi connectivity index (χ3v) is 4.24. The van der Waals surface area contributed by atoms with Gasteiger partial charge in [-0.1, -0.05) is 0 Å². The molecule has 2 amide bonds. The van der Waals surface area contributed by atoms with Crippen molar-refractivity contribution in [1.29, 1.82) is 0 Å². The van der Waals surface area contributed by atoms with Crippen molar-refractivity contribution < 1.29 is 19.1 Å². The van der Waals surface area contributed by atoms with Crippen molar-refractivity contribution in [2.24, 2.45) is 0 Å². The quantitative estimate of drug-likeness (QED) is 0.614. The standard InChI is InChI=1S/C18H19N5O4/c1-27-18(26)13-2-4-14(5-3-13)21-17(25)15-10-16(20-11-19-15)23-8-6-22(12-24)7-9-23/h2-5,10-12H,6-9H2,1H3,(H,21,25). The second kappa shape index (κ2) is 8.26. The maximum absolute atomic E-state index is 12.5. The van der Waals surface area contributed by atoms with E-state index < -0.39 is 5.97 Å². The highest BCUT2D eigenvalue weighted by molar-refractivity contribution is 6.03. The van der Waals surface area contributed by atoms with E-state index in [1.807, 2.05) is 4.90 Å². The first-order valence-corrected chi connectivity index (χ1v) is 8.37. The minimum atomic E-state index is -0.442. The number of aromatic nitrogens is 2. The molecule has 0 spiro atoms. The topological polar surface area (TPSA) is 105 Å². The second-order valence-corrected chi connectivity index (χ2v) is 5.91. The molecule has 1 saturated heterocycles. The average Bonchev–Trinajstić information content (AvgIpc) is 2.74. The van der Waals surface area contributed by atoms with Gasteiger partial charge in [0.1, 0.15) is 17.8 Å². The van der Waals surface area contributed by atoms with Crippen LogP contribution in [0.15, 0.2) is 36.7 Å². The van der Waals surface area contributed by atoms with E-state index in [-0.39, 0.29) is 11.6 Å². The minimum absolute atomic E-state index is 0.231. The molecule has 9 heteroatoms. The molecule has 1 N–H and O–H groups in total. The number of anilines is 2. The van der Waals surface area contributed by atoms with Crippen LogP contribution in [-0.2, 0) is 9.53 Å². The summed E-state index contributed by atoms with van der Waals surface area (Å²) in [5.41, 5.74) is 1.16. The molecule has 1 fully saturated rings. The number of esters is 1. The molecule has 1 aliphatic heterocycles. The highest BCUT2D eigenvalue weighted by atomic mass is 16.5. The van der Waals surface area contributed by atoms with Gasteiger partial charge in [0, 0.05) is 37.9 Å². The van der Waals surface area contributed by atoms with Gasteiger partial charge >= 0.3 is 5.97 Å². The highest BCUT2D eigenvalue weighted by Crippen LogP contribution is 2.15. The van der Waals surface area contributed by atoms with Crippen molar-refractivity contribution in [3.8, 4) is 0 Å². The van der Waals surface area contributed by atoms with E-state index in [1.165, 1.54) is 13.4 Å². The maximum Gasteiger partial charge on any atom is 0.337 e. The fraction of sp³-hybridized carbons (Fsp3) is 0.278. The van der Waals surface area contributed by atoms with Crippen LogP contribution in [0.3, 0.4) is 0 Å². The Balaban J connectivity index is 1.67. The van der Waals surface area contributed by atoms with E-state index in [1.54, 1.807) is 35.2 Å². The largest absolute Gasteiger partial charge is 0.465 e. The summed E-state index contributed by atoms with van der Waals surface area (Å²) in [5.74, 6) is -0.180. The van der Waals surface area contributed by atoms with Gasteiger partial charge in [0.05, 0.1) is 12.7 Å². The number of ether oxygens (including phenoxy) is 1. The van der Waals surface area contributed by atoms with E-state index in [0.717, 1.165) is 6.41 Å². The first-order valence-electron chi connectivity index (χ1n) is 8.37. The lowest BCUT2D eigenvalue weighted by Crippen LogP contribution is -2.46. The lowest BCUT2D eigenvalue weighted by atomic mass is 10.2. The zero-order valence-electron chi connectivity index (χ0n) is 14.8. The number of rotatable bonds is 5. The predicted molar refractivity (Wildman–Crippen MR) is 97.6 cm³/mol. The molecule has 0 bridgehead atoms. The molecule has 0 atom stereocenters. The minimum Gasteiger partial charge on any atom is -0.465 e. The number of benzene rings is 1. The highest BCUT2D eigenvalue weighted by Gasteiger charge is 2.18. The Morgan fingerprint density at radius 1 is 1.11 bits per heavy atom. The van der Waals surface area contributed by atoms with Gasteiger partial charge < -0.3 is 19.9 Å². The van der Waals surface area contributed by atoms with E-state index in [4.69, 9.17) is 0 Å². The first-order chi connectivity index (χ1) is 13.1. The maximum atomic E-state index is 12.5. The Hall–Kier alpha value is -3.49. The van der Waals surface area contributed by atoms with Crippen molar-refractivity contribution in [2.75, 3.05) is 43.5 Å². The first kappa shape index (κ1) is 18.3. The van der Waals surface area contributed by atoms with Gasteiger partial charge in [-0.05, 0) is 24.3 Å². The molecule has 1 aromatic carbocycles. The number of hydrogen-bond donors (Lipinski definition) is 1. The number of piperazine rings is 1. The normalized spacial score (nSPS) is 13.8. The van der Waals surface area contributed by atoms with Gasteiger partial charge in [-0.15, -0.1) is 0 Å². The zero-order valence-corrected chi connectivity index (χ0v) is 14.8. The molecule has 0 unspecified atom stereocenters. The molecular weight excluding hydrogens is 350 g/mol. The van der Waals surface area contributed by atoms with Gasteiger partial charge in [0.15, 0.2) is 0 Å². The third kappa shape index (κ3) is 4.38. The van der Waals surface area contributed by atoms with Crippen molar-refractivity contribution in [1.82, 2.24) is 14.9 Å². The summed E-state index contributed by atoms with van der Waals surface area (Å²) < 4.78 is 4.64. The number of carbonyl (C=O) groups excluding carboxylic acids is 3. The summed E-state index contributed by atoms with van der Waals surface area (Å²) in [6.45, 7) is 2.51. The van der Waals surface area contributed by atoms with Crippen LogP contribution in [0.25, 0.3) is 0 Å². The molecule has 27 heavy (non-hydrogen) atoms. The fourth-order valence-corrected chi connectivity index (χ4v) is 2.70. The van der Waals surface area contributed by atoms with Gasteiger partial charge in [0.25, 0.3) is 5.91 Å². The molecule has 0 radical (unpaired) electrons. The zero-order chi connectivity index (χ0) is 19.2. The molecule has 0 saturated carbocycles. The average molecular weight is 369 g/mol. The Morgan fingerprint density at radius 2 is 1.81 bits per heavy atom. The van der Waals surface area contributed by atoms with Gasteiger partial charge in [0.2, 0.25) is 6.41 Å². The van der Waals surface area contributed by atoms with Crippen LogP contribution in [0, 0.1) is 0 Å². The Labute approximate surface area is 156 Å². The molecule has 3 rings (SSSR count). The molecule has 1 aliphatic rings. The summed E-state index contributed by atoms with van der Waals surface area (Å²) in [5, 5.41) is 2.73. The second-order valence-electron chi connectivity index (χ2n) is 5.91. The van der Waals surface area contributed by atoms with Crippen LogP contribution in [0.4, 0.5) is 11.5 Å². The summed E-state index contributed by atoms with van der Waals surface area (Å²) in [7, 11) is 1.31. The van der Waals surface area contributed by atoms with Gasteiger partial charge in [-0.2, -0.15) is 0 Å². The van der Waals surface area contributed by atoms with Crippen LogP contribution in [0.2, 0.25) is 0 Å². The number of methoxy groups -OCH3 is 1. The summed E-state index contributed by atoms with van der Waals surface area (Å²) in [4.78, 5) is 46.6. The van der Waals surface area contributed by atoms with Crippen molar-refractivity contribution in [3.63, 3.8) is 0 Å². The molecule has 2 heterocycles. The van der Waals surface area contributed by atoms with Gasteiger partial charge in [-0.3, -0.25) is 9.59 Å². The van der Waals surface area contributed by atoms with Crippen molar-refractivity contribution in [2.45, 2.75) is 0 Å². The number of nitrogens with one attached hydrogen (secondary N) is 1. The third-order valence-electron chi connectivity index (χ3n) is 4.24. The van der Waals surface area contributed by atoms with Crippen molar-refractivity contribution >= 4 is 29.8 Å². The molecule has 140 valence electrons. The van der Waals surface area contributed by atoms with E-state index in [0.29, 0.717) is 43.2 Å². The van der Waals surface area contributed by atoms with Crippen molar-refractivity contribution in [3.05, 3.63) is 47.9 Å². The number of amides is 2. The lowest BCUT2D eigenvalue weighted by Gasteiger charge is -2.33. The Bertz CT molecular complexity index is 832. The number of nitrogens with zero attached hydrogens (tertiary/aromatic N) is 4. The molecule has 2 aromatic rings. The van der Waals surface area contributed by atoms with Crippen LogP contribution in [-0.4, -0.2) is 66.4 Å². The number of carbonyl (C=O) groups is 3. The van der Waals surface area contributed by atoms with Crippen LogP contribution in [0.1, 0.15) is 20.8 Å². The summed E-state index contributed by atoms with van der Waals surface area (Å²) in [6.07, 6.45) is 2.18. The SMILES string of the molecule is COC(=O)c1ccc(NC(=O)c2cc(N3CCN(C=O)CC3)ncn2)cc1. The van der Waals surface area contributed by atoms with Crippen LogP contribution < -0.4 is 10.2 Å². The summed E-state index contributed by atoms with van der Waals surface area (Å²) in [6, 6.07) is 7.99. The smallest absolute Gasteiger partial charge is 0.337 e. The predicted octanol–water partition coefficient (Wildman–Crippen LogP) is 0.794. The Morgan fingerprint density at radius 3 is 2.44 bits per heavy atom. The van der Waals surface area contributed by atoms with Crippen LogP contribution in [0.5, 0.6) is 0 Å². The van der Waals surface area contributed by atoms with E-state index in [2.05, 4.69) is 20.0 Å². The Kier molecular flexibility index (Phi) is 5.60. The fourth-order valence-electron chi connectivity index (χ4n) is 2.70. The molecule has 0 aliphatic carbocycles. The monoisotopic (exact) mass is 369 g/mol. The van der Waals surface area contributed by atoms with E-state index >= 15 is 0 Å². The summed E-state index contributed by atoms with van der Waals surface area (Å²) >= 11 is 0. The van der Waals surface area contributed by atoms with E-state index in [9.17, 15) is 14.4 Å². The van der Waals surface area contributed by atoms with Gasteiger partial charge in [-0.25, -0.2) is 14.8 Å². The number of hydrogen-bond acceptors (Lipinski definition) is 7.